The Balaban J connectivity index is 2.81. The standard InChI is InChI=1S/C15H23NO/c1-6-7-8-12(3)16-14-10-9-11(2)15(17-5)13(14)4/h6,9-10,12,16H,1,7-8H2,2-5H3. The third-order valence-corrected chi connectivity index (χ3v) is 3.01. The van der Waals surface area contributed by atoms with Crippen molar-refractivity contribution in [1.29, 1.82) is 0 Å². The van der Waals surface area contributed by atoms with Crippen LogP contribution < -0.4 is 10.1 Å². The second kappa shape index (κ2) is 6.33. The summed E-state index contributed by atoms with van der Waals surface area (Å²) in [6.07, 6.45) is 4.09. The summed E-state index contributed by atoms with van der Waals surface area (Å²) < 4.78 is 5.42. The van der Waals surface area contributed by atoms with E-state index in [1.807, 2.05) is 6.08 Å². The summed E-state index contributed by atoms with van der Waals surface area (Å²) >= 11 is 0. The third-order valence-electron chi connectivity index (χ3n) is 3.01. The predicted molar refractivity (Wildman–Crippen MR) is 75.0 cm³/mol. The number of allylic oxidation sites excluding steroid dienone is 1. The molecule has 1 aromatic rings. The van der Waals surface area contributed by atoms with Crippen molar-refractivity contribution in [3.63, 3.8) is 0 Å². The molecule has 0 radical (unpaired) electrons. The largest absolute Gasteiger partial charge is 0.496 e. The highest BCUT2D eigenvalue weighted by molar-refractivity contribution is 5.59. The van der Waals surface area contributed by atoms with Gasteiger partial charge in [-0.1, -0.05) is 12.1 Å². The van der Waals surface area contributed by atoms with E-state index in [-0.39, 0.29) is 0 Å². The number of rotatable bonds is 6. The Morgan fingerprint density at radius 1 is 1.41 bits per heavy atom. The van der Waals surface area contributed by atoms with E-state index in [0.717, 1.165) is 24.3 Å². The van der Waals surface area contributed by atoms with Gasteiger partial charge in [-0.3, -0.25) is 0 Å². The first kappa shape index (κ1) is 13.6. The molecule has 17 heavy (non-hydrogen) atoms. The fourth-order valence-electron chi connectivity index (χ4n) is 2.00. The molecule has 94 valence electrons. The first-order valence-electron chi connectivity index (χ1n) is 6.11. The van der Waals surface area contributed by atoms with Crippen LogP contribution in [0.25, 0.3) is 0 Å². The van der Waals surface area contributed by atoms with Gasteiger partial charge in [0.25, 0.3) is 0 Å². The minimum Gasteiger partial charge on any atom is -0.496 e. The van der Waals surface area contributed by atoms with E-state index >= 15 is 0 Å². The average Bonchev–Trinajstić information content (AvgIpc) is 2.31. The van der Waals surface area contributed by atoms with Gasteiger partial charge < -0.3 is 10.1 Å². The van der Waals surface area contributed by atoms with E-state index in [4.69, 9.17) is 4.74 Å². The van der Waals surface area contributed by atoms with Crippen molar-refractivity contribution in [2.75, 3.05) is 12.4 Å². The van der Waals surface area contributed by atoms with Crippen LogP contribution in [0.2, 0.25) is 0 Å². The molecule has 0 aliphatic carbocycles. The van der Waals surface area contributed by atoms with Crippen molar-refractivity contribution in [1.82, 2.24) is 0 Å². The summed E-state index contributed by atoms with van der Waals surface area (Å²) in [7, 11) is 1.72. The molecule has 0 aliphatic rings. The molecule has 0 aliphatic heterocycles. The van der Waals surface area contributed by atoms with Crippen LogP contribution in [0, 0.1) is 13.8 Å². The van der Waals surface area contributed by atoms with Crippen LogP contribution >= 0.6 is 0 Å². The summed E-state index contributed by atoms with van der Waals surface area (Å²) in [5, 5.41) is 3.52. The Bertz CT molecular complexity index is 385. The minimum atomic E-state index is 0.444. The SMILES string of the molecule is C=CCCC(C)Nc1ccc(C)c(OC)c1C. The molecule has 1 rings (SSSR count). The highest BCUT2D eigenvalue weighted by Gasteiger charge is 2.09. The lowest BCUT2D eigenvalue weighted by Gasteiger charge is -2.19. The number of hydrogen-bond acceptors (Lipinski definition) is 2. The molecule has 2 heteroatoms. The third kappa shape index (κ3) is 3.52. The van der Waals surface area contributed by atoms with E-state index in [1.165, 1.54) is 11.1 Å². The molecule has 1 aromatic carbocycles. The van der Waals surface area contributed by atoms with E-state index < -0.39 is 0 Å². The zero-order valence-corrected chi connectivity index (χ0v) is 11.3. The van der Waals surface area contributed by atoms with Crippen LogP contribution in [0.15, 0.2) is 24.8 Å². The zero-order chi connectivity index (χ0) is 12.8. The van der Waals surface area contributed by atoms with Gasteiger partial charge in [-0.05, 0) is 45.2 Å². The fourth-order valence-corrected chi connectivity index (χ4v) is 2.00. The summed E-state index contributed by atoms with van der Waals surface area (Å²) in [6.45, 7) is 10.1. The minimum absolute atomic E-state index is 0.444. The van der Waals surface area contributed by atoms with E-state index in [9.17, 15) is 0 Å². The van der Waals surface area contributed by atoms with Gasteiger partial charge in [-0.25, -0.2) is 0 Å². The molecular weight excluding hydrogens is 210 g/mol. The molecule has 0 saturated carbocycles. The molecule has 1 atom stereocenters. The van der Waals surface area contributed by atoms with Gasteiger partial charge in [0, 0.05) is 17.3 Å². The highest BCUT2D eigenvalue weighted by Crippen LogP contribution is 2.29. The van der Waals surface area contributed by atoms with Crippen molar-refractivity contribution >= 4 is 5.69 Å². The maximum absolute atomic E-state index is 5.42. The van der Waals surface area contributed by atoms with Crippen LogP contribution in [0.4, 0.5) is 5.69 Å². The topological polar surface area (TPSA) is 21.3 Å². The second-order valence-electron chi connectivity index (χ2n) is 4.50. The molecule has 0 heterocycles. The van der Waals surface area contributed by atoms with Crippen molar-refractivity contribution in [2.24, 2.45) is 0 Å². The number of nitrogens with one attached hydrogen (secondary N) is 1. The Morgan fingerprint density at radius 3 is 2.71 bits per heavy atom. The summed E-state index contributed by atoms with van der Waals surface area (Å²) in [5.74, 6) is 0.978. The Morgan fingerprint density at radius 2 is 2.12 bits per heavy atom. The number of methoxy groups -OCH3 is 1. The lowest BCUT2D eigenvalue weighted by atomic mass is 10.1. The van der Waals surface area contributed by atoms with E-state index in [2.05, 4.69) is 44.8 Å². The van der Waals surface area contributed by atoms with Crippen LogP contribution in [-0.2, 0) is 0 Å². The number of aryl methyl sites for hydroxylation is 1. The van der Waals surface area contributed by atoms with Crippen LogP contribution in [-0.4, -0.2) is 13.2 Å². The van der Waals surface area contributed by atoms with E-state index in [0.29, 0.717) is 6.04 Å². The second-order valence-corrected chi connectivity index (χ2v) is 4.50. The van der Waals surface area contributed by atoms with Crippen LogP contribution in [0.5, 0.6) is 5.75 Å². The summed E-state index contributed by atoms with van der Waals surface area (Å²) in [5.41, 5.74) is 3.51. The molecular formula is C15H23NO. The average molecular weight is 233 g/mol. The summed E-state index contributed by atoms with van der Waals surface area (Å²) in [4.78, 5) is 0. The van der Waals surface area contributed by atoms with Gasteiger partial charge in [0.2, 0.25) is 0 Å². The van der Waals surface area contributed by atoms with Crippen LogP contribution in [0.3, 0.4) is 0 Å². The molecule has 0 aromatic heterocycles. The van der Waals surface area contributed by atoms with Crippen molar-refractivity contribution in [3.05, 3.63) is 35.9 Å². The molecule has 1 N–H and O–H groups in total. The first-order chi connectivity index (χ1) is 8.10. The molecule has 0 spiro atoms. The number of hydrogen-bond donors (Lipinski definition) is 1. The van der Waals surface area contributed by atoms with Crippen molar-refractivity contribution in [2.45, 2.75) is 39.7 Å². The van der Waals surface area contributed by atoms with Gasteiger partial charge in [0.15, 0.2) is 0 Å². The highest BCUT2D eigenvalue weighted by atomic mass is 16.5. The maximum Gasteiger partial charge on any atom is 0.126 e. The van der Waals surface area contributed by atoms with Gasteiger partial charge in [-0.15, -0.1) is 6.58 Å². The molecule has 0 saturated heterocycles. The Kier molecular flexibility index (Phi) is 5.08. The Hall–Kier alpha value is -1.44. The molecule has 1 unspecified atom stereocenters. The number of ether oxygens (including phenoxy) is 1. The fraction of sp³-hybridized carbons (Fsp3) is 0.467. The molecule has 0 amide bonds. The van der Waals surface area contributed by atoms with Gasteiger partial charge in [-0.2, -0.15) is 0 Å². The van der Waals surface area contributed by atoms with E-state index in [1.54, 1.807) is 7.11 Å². The lowest BCUT2D eigenvalue weighted by Crippen LogP contribution is -2.15. The first-order valence-corrected chi connectivity index (χ1v) is 6.11. The normalized spacial score (nSPS) is 12.0. The maximum atomic E-state index is 5.42. The monoisotopic (exact) mass is 233 g/mol. The van der Waals surface area contributed by atoms with Crippen molar-refractivity contribution < 1.29 is 4.74 Å². The quantitative estimate of drug-likeness (QED) is 0.748. The molecule has 0 bridgehead atoms. The number of benzene rings is 1. The lowest BCUT2D eigenvalue weighted by molar-refractivity contribution is 0.409. The van der Waals surface area contributed by atoms with Gasteiger partial charge in [0.1, 0.15) is 5.75 Å². The van der Waals surface area contributed by atoms with Crippen LogP contribution in [0.1, 0.15) is 30.9 Å². The smallest absolute Gasteiger partial charge is 0.126 e. The zero-order valence-electron chi connectivity index (χ0n) is 11.3. The Labute approximate surface area is 105 Å². The van der Waals surface area contributed by atoms with Gasteiger partial charge in [0.05, 0.1) is 7.11 Å². The van der Waals surface area contributed by atoms with Gasteiger partial charge >= 0.3 is 0 Å². The molecule has 2 nitrogen and oxygen atoms in total. The molecule has 0 fully saturated rings. The number of anilines is 1. The predicted octanol–water partition coefficient (Wildman–Crippen LogP) is 4.08. The van der Waals surface area contributed by atoms with Crippen molar-refractivity contribution in [3.8, 4) is 5.75 Å². The summed E-state index contributed by atoms with van der Waals surface area (Å²) in [6, 6.07) is 4.66.